The molecule has 0 spiro atoms. The zero-order valence-electron chi connectivity index (χ0n) is 11.4. The van der Waals surface area contributed by atoms with E-state index in [4.69, 9.17) is 0 Å². The molecule has 1 aliphatic heterocycles. The van der Waals surface area contributed by atoms with E-state index in [-0.39, 0.29) is 35.0 Å². The molecular formula is C15H16N2O4. The summed E-state index contributed by atoms with van der Waals surface area (Å²) in [7, 11) is 0. The molecule has 3 amide bonds. The minimum Gasteiger partial charge on any atom is -0.507 e. The van der Waals surface area contributed by atoms with Crippen molar-refractivity contribution < 1.29 is 19.5 Å². The molecule has 110 valence electrons. The molecule has 0 radical (unpaired) electrons. The molecule has 21 heavy (non-hydrogen) atoms. The molecule has 6 heteroatoms. The summed E-state index contributed by atoms with van der Waals surface area (Å²) in [5, 5.41) is 10.5. The van der Waals surface area contributed by atoms with Crippen molar-refractivity contribution in [2.24, 2.45) is 11.8 Å². The van der Waals surface area contributed by atoms with Gasteiger partial charge < -0.3 is 5.11 Å². The molecule has 1 aliphatic carbocycles. The zero-order chi connectivity index (χ0) is 15.0. The highest BCUT2D eigenvalue weighted by Crippen LogP contribution is 2.37. The Kier molecular flexibility index (Phi) is 3.37. The van der Waals surface area contributed by atoms with Crippen LogP contribution < -0.4 is 5.43 Å². The van der Waals surface area contributed by atoms with Crippen molar-refractivity contribution in [2.45, 2.75) is 25.7 Å². The highest BCUT2D eigenvalue weighted by Gasteiger charge is 2.49. The Hall–Kier alpha value is -2.37. The van der Waals surface area contributed by atoms with Crippen molar-refractivity contribution in [3.63, 3.8) is 0 Å². The second kappa shape index (κ2) is 5.20. The molecule has 1 saturated heterocycles. The second-order valence-corrected chi connectivity index (χ2v) is 5.47. The van der Waals surface area contributed by atoms with Crippen LogP contribution in [0.1, 0.15) is 36.0 Å². The largest absolute Gasteiger partial charge is 0.507 e. The number of nitrogens with one attached hydrogen (secondary N) is 1. The zero-order valence-corrected chi connectivity index (χ0v) is 11.4. The van der Waals surface area contributed by atoms with Gasteiger partial charge in [-0.15, -0.1) is 0 Å². The first kappa shape index (κ1) is 13.6. The number of amides is 3. The van der Waals surface area contributed by atoms with Gasteiger partial charge in [-0.2, -0.15) is 5.01 Å². The third-order valence-electron chi connectivity index (χ3n) is 4.20. The SMILES string of the molecule is O=C(NN1C(=O)[C@H]2CCCC[C@H]2C1=O)c1ccccc1O. The monoisotopic (exact) mass is 288 g/mol. The van der Waals surface area contributed by atoms with Gasteiger partial charge in [-0.1, -0.05) is 25.0 Å². The molecular weight excluding hydrogens is 272 g/mol. The fourth-order valence-corrected chi connectivity index (χ4v) is 3.10. The third kappa shape index (κ3) is 2.26. The van der Waals surface area contributed by atoms with Gasteiger partial charge in [0.1, 0.15) is 5.75 Å². The van der Waals surface area contributed by atoms with Crippen LogP contribution in [-0.2, 0) is 9.59 Å². The van der Waals surface area contributed by atoms with Crippen molar-refractivity contribution in [3.05, 3.63) is 29.8 Å². The Labute approximate surface area is 121 Å². The summed E-state index contributed by atoms with van der Waals surface area (Å²) >= 11 is 0. The minimum absolute atomic E-state index is 0.0352. The lowest BCUT2D eigenvalue weighted by molar-refractivity contribution is -0.142. The number of phenolic OH excluding ortho intramolecular Hbond substituents is 1. The number of rotatable bonds is 2. The summed E-state index contributed by atoms with van der Waals surface area (Å²) in [6.45, 7) is 0. The van der Waals surface area contributed by atoms with Gasteiger partial charge in [-0.25, -0.2) is 0 Å². The summed E-state index contributed by atoms with van der Waals surface area (Å²) < 4.78 is 0. The Morgan fingerprint density at radius 1 is 1.10 bits per heavy atom. The number of benzene rings is 1. The van der Waals surface area contributed by atoms with Crippen LogP contribution in [-0.4, -0.2) is 27.8 Å². The van der Waals surface area contributed by atoms with E-state index in [1.807, 2.05) is 0 Å². The third-order valence-corrected chi connectivity index (χ3v) is 4.20. The van der Waals surface area contributed by atoms with Crippen molar-refractivity contribution in [3.8, 4) is 5.75 Å². The van der Waals surface area contributed by atoms with E-state index in [2.05, 4.69) is 5.43 Å². The molecule has 6 nitrogen and oxygen atoms in total. The molecule has 1 aromatic rings. The molecule has 0 unspecified atom stereocenters. The second-order valence-electron chi connectivity index (χ2n) is 5.47. The van der Waals surface area contributed by atoms with Gasteiger partial charge in [-0.05, 0) is 25.0 Å². The number of hydrazine groups is 1. The number of carbonyl (C=O) groups excluding carboxylic acids is 3. The molecule has 2 aliphatic rings. The summed E-state index contributed by atoms with van der Waals surface area (Å²) in [6, 6.07) is 6.00. The van der Waals surface area contributed by atoms with E-state index >= 15 is 0 Å². The summed E-state index contributed by atoms with van der Waals surface area (Å²) in [4.78, 5) is 36.6. The first-order chi connectivity index (χ1) is 10.1. The number of para-hydroxylation sites is 1. The highest BCUT2D eigenvalue weighted by molar-refractivity contribution is 6.08. The number of carbonyl (C=O) groups is 3. The van der Waals surface area contributed by atoms with Gasteiger partial charge >= 0.3 is 0 Å². The van der Waals surface area contributed by atoms with Gasteiger partial charge in [0.25, 0.3) is 17.7 Å². The Morgan fingerprint density at radius 3 is 2.24 bits per heavy atom. The fraction of sp³-hybridized carbons (Fsp3) is 0.400. The number of hydrogen-bond donors (Lipinski definition) is 2. The summed E-state index contributed by atoms with van der Waals surface area (Å²) in [6.07, 6.45) is 3.25. The molecule has 3 rings (SSSR count). The van der Waals surface area contributed by atoms with Crippen molar-refractivity contribution >= 4 is 17.7 Å². The normalized spacial score (nSPS) is 24.9. The van der Waals surface area contributed by atoms with Gasteiger partial charge in [0.2, 0.25) is 0 Å². The van der Waals surface area contributed by atoms with Crippen molar-refractivity contribution in [1.82, 2.24) is 10.4 Å². The number of hydrogen-bond acceptors (Lipinski definition) is 4. The van der Waals surface area contributed by atoms with Gasteiger partial charge in [0, 0.05) is 0 Å². The predicted molar refractivity (Wildman–Crippen MR) is 72.9 cm³/mol. The van der Waals surface area contributed by atoms with Crippen LogP contribution in [0.25, 0.3) is 0 Å². The van der Waals surface area contributed by atoms with Crippen molar-refractivity contribution in [2.75, 3.05) is 0 Å². The molecule has 1 saturated carbocycles. The minimum atomic E-state index is -0.659. The predicted octanol–water partition coefficient (Wildman–Crippen LogP) is 1.21. The maximum atomic E-state index is 12.2. The average molecular weight is 288 g/mol. The lowest BCUT2D eigenvalue weighted by Crippen LogP contribution is -2.46. The van der Waals surface area contributed by atoms with E-state index in [1.165, 1.54) is 12.1 Å². The molecule has 2 atom stereocenters. The number of fused-ring (bicyclic) bond motifs is 1. The topological polar surface area (TPSA) is 86.7 Å². The number of aromatic hydroxyl groups is 1. The average Bonchev–Trinajstić information content (AvgIpc) is 2.73. The maximum absolute atomic E-state index is 12.2. The number of phenols is 1. The smallest absolute Gasteiger partial charge is 0.274 e. The van der Waals surface area contributed by atoms with E-state index in [9.17, 15) is 19.5 Å². The van der Waals surface area contributed by atoms with E-state index in [0.29, 0.717) is 12.8 Å². The van der Waals surface area contributed by atoms with Crippen LogP contribution in [0.2, 0.25) is 0 Å². The van der Waals surface area contributed by atoms with Crippen molar-refractivity contribution in [1.29, 1.82) is 0 Å². The quantitative estimate of drug-likeness (QED) is 0.801. The van der Waals surface area contributed by atoms with Gasteiger partial charge in [-0.3, -0.25) is 19.8 Å². The van der Waals surface area contributed by atoms with Crippen LogP contribution in [0.3, 0.4) is 0 Å². The van der Waals surface area contributed by atoms with E-state index in [0.717, 1.165) is 17.9 Å². The van der Waals surface area contributed by atoms with Crippen LogP contribution in [0.15, 0.2) is 24.3 Å². The summed E-state index contributed by atoms with van der Waals surface area (Å²) in [5.74, 6) is -2.14. The van der Waals surface area contributed by atoms with Crippen LogP contribution in [0.4, 0.5) is 0 Å². The Morgan fingerprint density at radius 2 is 1.67 bits per heavy atom. The Balaban J connectivity index is 1.79. The van der Waals surface area contributed by atoms with E-state index < -0.39 is 5.91 Å². The van der Waals surface area contributed by atoms with Crippen LogP contribution in [0, 0.1) is 11.8 Å². The first-order valence-corrected chi connectivity index (χ1v) is 7.06. The highest BCUT2D eigenvalue weighted by atomic mass is 16.3. The number of nitrogens with zero attached hydrogens (tertiary/aromatic N) is 1. The standard InChI is InChI=1S/C15H16N2O4/c18-12-8-4-3-7-11(12)13(19)16-17-14(20)9-5-1-2-6-10(9)15(17)21/h3-4,7-10,18H,1-2,5-6H2,(H,16,19)/t9-,10+. The molecule has 1 heterocycles. The fourth-order valence-electron chi connectivity index (χ4n) is 3.10. The summed E-state index contributed by atoms with van der Waals surface area (Å²) in [5.41, 5.74) is 2.36. The van der Waals surface area contributed by atoms with Gasteiger partial charge in [0.05, 0.1) is 17.4 Å². The molecule has 0 bridgehead atoms. The first-order valence-electron chi connectivity index (χ1n) is 7.06. The molecule has 1 aromatic carbocycles. The lowest BCUT2D eigenvalue weighted by atomic mass is 9.81. The molecule has 2 N–H and O–H groups in total. The number of imide groups is 1. The Bertz CT molecular complexity index is 589. The maximum Gasteiger partial charge on any atom is 0.274 e. The van der Waals surface area contributed by atoms with Crippen LogP contribution in [0.5, 0.6) is 5.75 Å². The lowest BCUT2D eigenvalue weighted by Gasteiger charge is -2.19. The van der Waals surface area contributed by atoms with Gasteiger partial charge in [0.15, 0.2) is 0 Å². The van der Waals surface area contributed by atoms with E-state index in [1.54, 1.807) is 12.1 Å². The van der Waals surface area contributed by atoms with Crippen LogP contribution >= 0.6 is 0 Å². The molecule has 0 aromatic heterocycles. The molecule has 2 fully saturated rings.